The molecule has 0 saturated heterocycles. The maximum absolute atomic E-state index is 11.9. The first kappa shape index (κ1) is 14.3. The summed E-state index contributed by atoms with van der Waals surface area (Å²) in [5.41, 5.74) is 0.632. The Morgan fingerprint density at radius 3 is 2.50 bits per heavy atom. The van der Waals surface area contributed by atoms with E-state index in [2.05, 4.69) is 21.2 Å². The molecule has 6 heteroatoms. The zero-order chi connectivity index (χ0) is 14.7. The van der Waals surface area contributed by atoms with Crippen LogP contribution in [0.25, 0.3) is 0 Å². The first-order chi connectivity index (χ1) is 9.47. The Hall–Kier alpha value is -2.08. The number of halogens is 1. The maximum atomic E-state index is 11.9. The molecule has 2 aromatic rings. The van der Waals surface area contributed by atoms with E-state index in [-0.39, 0.29) is 18.0 Å². The molecule has 0 aliphatic heterocycles. The molecule has 1 aromatic heterocycles. The van der Waals surface area contributed by atoms with Crippen LogP contribution in [0.2, 0.25) is 0 Å². The van der Waals surface area contributed by atoms with E-state index in [0.29, 0.717) is 17.1 Å². The van der Waals surface area contributed by atoms with Gasteiger partial charge in [-0.3, -0.25) is 4.79 Å². The number of carboxylic acid groups (broad SMARTS) is 1. The van der Waals surface area contributed by atoms with Crippen molar-refractivity contribution < 1.29 is 19.1 Å². The molecule has 0 spiro atoms. The second-order valence-electron chi connectivity index (χ2n) is 4.18. The van der Waals surface area contributed by atoms with Crippen LogP contribution in [0.4, 0.5) is 0 Å². The zero-order valence-electron chi connectivity index (χ0n) is 10.6. The fourth-order valence-corrected chi connectivity index (χ4v) is 1.98. The second-order valence-corrected chi connectivity index (χ2v) is 5.09. The number of nitrogens with one attached hydrogen (secondary N) is 1. The van der Waals surface area contributed by atoms with Crippen molar-refractivity contribution in [1.29, 1.82) is 0 Å². The summed E-state index contributed by atoms with van der Waals surface area (Å²) in [6, 6.07) is 8.34. The van der Waals surface area contributed by atoms with Crippen LogP contribution >= 0.6 is 15.9 Å². The van der Waals surface area contributed by atoms with Gasteiger partial charge in [-0.2, -0.15) is 0 Å². The van der Waals surface area contributed by atoms with E-state index in [9.17, 15) is 9.59 Å². The lowest BCUT2D eigenvalue weighted by Gasteiger charge is -2.03. The van der Waals surface area contributed by atoms with Crippen LogP contribution in [-0.2, 0) is 6.54 Å². The molecular formula is C14H12BrNO4. The van der Waals surface area contributed by atoms with Crippen LogP contribution in [0.3, 0.4) is 0 Å². The molecule has 1 heterocycles. The van der Waals surface area contributed by atoms with Crippen molar-refractivity contribution in [2.75, 3.05) is 0 Å². The number of carbonyl (C=O) groups excluding carboxylic acids is 1. The Morgan fingerprint density at radius 1 is 1.30 bits per heavy atom. The first-order valence-electron chi connectivity index (χ1n) is 5.83. The molecule has 0 fully saturated rings. The van der Waals surface area contributed by atoms with Gasteiger partial charge >= 0.3 is 5.97 Å². The van der Waals surface area contributed by atoms with E-state index in [4.69, 9.17) is 9.52 Å². The van der Waals surface area contributed by atoms with Crippen molar-refractivity contribution in [2.24, 2.45) is 0 Å². The fraction of sp³-hybridized carbons (Fsp3) is 0.143. The number of furan rings is 1. The van der Waals surface area contributed by atoms with Gasteiger partial charge in [0.2, 0.25) is 0 Å². The van der Waals surface area contributed by atoms with Crippen molar-refractivity contribution in [3.63, 3.8) is 0 Å². The van der Waals surface area contributed by atoms with Crippen LogP contribution in [0.15, 0.2) is 39.2 Å². The van der Waals surface area contributed by atoms with Gasteiger partial charge in [0.25, 0.3) is 5.91 Å². The largest absolute Gasteiger partial charge is 0.478 e. The highest BCUT2D eigenvalue weighted by molar-refractivity contribution is 9.10. The van der Waals surface area contributed by atoms with Gasteiger partial charge in [-0.25, -0.2) is 4.79 Å². The Bertz CT molecular complexity index is 646. The smallest absolute Gasteiger partial charge is 0.339 e. The van der Waals surface area contributed by atoms with E-state index in [1.165, 1.54) is 6.07 Å². The summed E-state index contributed by atoms with van der Waals surface area (Å²) in [6.45, 7) is 1.71. The number of hydrogen-bond donors (Lipinski definition) is 2. The van der Waals surface area contributed by atoms with Crippen LogP contribution in [-0.4, -0.2) is 17.0 Å². The molecule has 0 aliphatic carbocycles. The quantitative estimate of drug-likeness (QED) is 0.898. The Balaban J connectivity index is 2.01. The minimum absolute atomic E-state index is 0.109. The number of carbonyl (C=O) groups is 2. The van der Waals surface area contributed by atoms with E-state index < -0.39 is 5.97 Å². The van der Waals surface area contributed by atoms with Crippen LogP contribution in [0.1, 0.15) is 32.2 Å². The molecule has 2 N–H and O–H groups in total. The number of aromatic carboxylic acids is 1. The van der Waals surface area contributed by atoms with Crippen LogP contribution in [0.5, 0.6) is 0 Å². The molecule has 0 saturated carbocycles. The zero-order valence-corrected chi connectivity index (χ0v) is 12.2. The Kier molecular flexibility index (Phi) is 4.24. The molecule has 0 radical (unpaired) electrons. The van der Waals surface area contributed by atoms with Crippen molar-refractivity contribution >= 4 is 27.8 Å². The molecule has 0 aliphatic rings. The van der Waals surface area contributed by atoms with Gasteiger partial charge in [0, 0.05) is 10.0 Å². The third-order valence-electron chi connectivity index (χ3n) is 2.73. The van der Waals surface area contributed by atoms with Crippen molar-refractivity contribution in [1.82, 2.24) is 5.32 Å². The number of rotatable bonds is 4. The predicted molar refractivity (Wildman–Crippen MR) is 75.7 cm³/mol. The topological polar surface area (TPSA) is 79.5 Å². The van der Waals surface area contributed by atoms with Gasteiger partial charge in [-0.05, 0) is 37.3 Å². The monoisotopic (exact) mass is 337 g/mol. The molecule has 1 amide bonds. The van der Waals surface area contributed by atoms with Crippen LogP contribution in [0, 0.1) is 6.92 Å². The predicted octanol–water partition coefficient (Wildman–Crippen LogP) is 2.98. The summed E-state index contributed by atoms with van der Waals surface area (Å²) in [6.07, 6.45) is 0. The summed E-state index contributed by atoms with van der Waals surface area (Å²) in [7, 11) is 0. The fourth-order valence-electron chi connectivity index (χ4n) is 1.71. The van der Waals surface area contributed by atoms with E-state index >= 15 is 0 Å². The third-order valence-corrected chi connectivity index (χ3v) is 3.26. The first-order valence-corrected chi connectivity index (χ1v) is 6.63. The van der Waals surface area contributed by atoms with Crippen molar-refractivity contribution in [3.8, 4) is 0 Å². The molecular weight excluding hydrogens is 326 g/mol. The van der Waals surface area contributed by atoms with E-state index in [0.717, 1.165) is 4.47 Å². The maximum Gasteiger partial charge on any atom is 0.339 e. The summed E-state index contributed by atoms with van der Waals surface area (Å²) < 4.78 is 6.17. The minimum atomic E-state index is -1.04. The lowest BCUT2D eigenvalue weighted by Crippen LogP contribution is -2.22. The number of hydrogen-bond acceptors (Lipinski definition) is 3. The molecule has 20 heavy (non-hydrogen) atoms. The molecule has 0 unspecified atom stereocenters. The summed E-state index contributed by atoms with van der Waals surface area (Å²) >= 11 is 3.29. The lowest BCUT2D eigenvalue weighted by atomic mass is 10.2. The SMILES string of the molecule is Cc1oc(CNC(=O)c2ccc(Br)cc2)cc1C(=O)O. The molecule has 2 rings (SSSR count). The number of carboxylic acids is 1. The van der Waals surface area contributed by atoms with Crippen molar-refractivity contribution in [3.05, 3.63) is 57.5 Å². The molecule has 1 aromatic carbocycles. The molecule has 0 atom stereocenters. The van der Waals surface area contributed by atoms with Crippen molar-refractivity contribution in [2.45, 2.75) is 13.5 Å². The van der Waals surface area contributed by atoms with Gasteiger partial charge in [0.05, 0.1) is 6.54 Å². The Morgan fingerprint density at radius 2 is 1.95 bits per heavy atom. The average Bonchev–Trinajstić information content (AvgIpc) is 2.78. The molecule has 104 valence electrons. The van der Waals surface area contributed by atoms with Gasteiger partial charge in [-0.1, -0.05) is 15.9 Å². The third kappa shape index (κ3) is 3.27. The molecule has 5 nitrogen and oxygen atoms in total. The Labute approximate surface area is 123 Å². The van der Waals surface area contributed by atoms with Gasteiger partial charge in [-0.15, -0.1) is 0 Å². The van der Waals surface area contributed by atoms with E-state index in [1.54, 1.807) is 31.2 Å². The highest BCUT2D eigenvalue weighted by atomic mass is 79.9. The lowest BCUT2D eigenvalue weighted by molar-refractivity contribution is 0.0694. The minimum Gasteiger partial charge on any atom is -0.478 e. The summed E-state index contributed by atoms with van der Waals surface area (Å²) in [4.78, 5) is 22.7. The number of aryl methyl sites for hydroxylation is 1. The van der Waals surface area contributed by atoms with Gasteiger partial charge < -0.3 is 14.8 Å². The summed E-state index contributed by atoms with van der Waals surface area (Å²) in [5, 5.41) is 11.6. The number of amides is 1. The standard InChI is InChI=1S/C14H12BrNO4/c1-8-12(14(18)19)6-11(20-8)7-16-13(17)9-2-4-10(15)5-3-9/h2-6H,7H2,1H3,(H,16,17)(H,18,19). The van der Waals surface area contributed by atoms with Gasteiger partial charge in [0.15, 0.2) is 0 Å². The molecule has 0 bridgehead atoms. The second kappa shape index (κ2) is 5.92. The van der Waals surface area contributed by atoms with Crippen LogP contribution < -0.4 is 5.32 Å². The highest BCUT2D eigenvalue weighted by Crippen LogP contribution is 2.15. The summed E-state index contributed by atoms with van der Waals surface area (Å²) in [5.74, 6) is -0.559. The average molecular weight is 338 g/mol. The van der Waals surface area contributed by atoms with Gasteiger partial charge in [0.1, 0.15) is 17.1 Å². The number of benzene rings is 1. The van der Waals surface area contributed by atoms with E-state index in [1.807, 2.05) is 0 Å². The normalized spacial score (nSPS) is 10.3. The highest BCUT2D eigenvalue weighted by Gasteiger charge is 2.14.